The van der Waals surface area contributed by atoms with E-state index in [1.165, 1.54) is 27.8 Å². The predicted octanol–water partition coefficient (Wildman–Crippen LogP) is 6.42. The molecular weight excluding hydrogens is 440 g/mol. The molecule has 3 aromatic rings. The molecule has 34 heavy (non-hydrogen) atoms. The van der Waals surface area contributed by atoms with Gasteiger partial charge >= 0.3 is 6.09 Å². The van der Waals surface area contributed by atoms with Gasteiger partial charge in [-0.25, -0.2) is 4.79 Å². The molecule has 1 atom stereocenters. The Balaban J connectivity index is 1.66. The van der Waals surface area contributed by atoms with Gasteiger partial charge in [-0.15, -0.1) is 0 Å². The maximum absolute atomic E-state index is 12.5. The van der Waals surface area contributed by atoms with Gasteiger partial charge in [0.05, 0.1) is 0 Å². The van der Waals surface area contributed by atoms with Crippen molar-refractivity contribution < 1.29 is 9.53 Å². The molecule has 0 saturated carbocycles. The maximum Gasteiger partial charge on any atom is 0.407 e. The quantitative estimate of drug-likeness (QED) is 0.405. The lowest BCUT2D eigenvalue weighted by Crippen LogP contribution is -2.44. The van der Waals surface area contributed by atoms with Crippen molar-refractivity contribution in [3.8, 4) is 0 Å². The number of aryl methyl sites for hydroxylation is 3. The second kappa shape index (κ2) is 10.7. The molecular formula is C29H34N2O2S. The molecule has 0 bridgehead atoms. The van der Waals surface area contributed by atoms with Crippen molar-refractivity contribution in [1.82, 2.24) is 10.0 Å². The zero-order chi connectivity index (χ0) is 24.1. The number of benzene rings is 3. The molecule has 3 aromatic carbocycles. The molecule has 4 rings (SSSR count). The van der Waals surface area contributed by atoms with Gasteiger partial charge in [-0.05, 0) is 86.9 Å². The van der Waals surface area contributed by atoms with Crippen LogP contribution < -0.4 is 10.0 Å². The lowest BCUT2D eigenvalue weighted by atomic mass is 9.83. The van der Waals surface area contributed by atoms with Crippen molar-refractivity contribution in [3.63, 3.8) is 0 Å². The lowest BCUT2D eigenvalue weighted by molar-refractivity contribution is 0.0523. The monoisotopic (exact) mass is 474 g/mol. The molecule has 0 saturated heterocycles. The first-order valence-electron chi connectivity index (χ1n) is 11.9. The van der Waals surface area contributed by atoms with E-state index in [1.54, 1.807) is 11.9 Å². The molecule has 0 unspecified atom stereocenters. The molecule has 0 aliphatic heterocycles. The molecule has 0 spiro atoms. The maximum atomic E-state index is 12.5. The van der Waals surface area contributed by atoms with Gasteiger partial charge in [0.15, 0.2) is 0 Å². The number of carbonyl (C=O) groups is 1. The van der Waals surface area contributed by atoms with Gasteiger partial charge in [-0.2, -0.15) is 0 Å². The van der Waals surface area contributed by atoms with E-state index in [0.717, 1.165) is 17.7 Å². The summed E-state index contributed by atoms with van der Waals surface area (Å²) in [6.07, 6.45) is 1.64. The van der Waals surface area contributed by atoms with Crippen LogP contribution in [0.3, 0.4) is 0 Å². The number of amides is 1. The Morgan fingerprint density at radius 3 is 2.06 bits per heavy atom. The third-order valence-electron chi connectivity index (χ3n) is 6.06. The highest BCUT2D eigenvalue weighted by atomic mass is 32.2. The minimum absolute atomic E-state index is 0.0424. The van der Waals surface area contributed by atoms with Crippen LogP contribution in [0.5, 0.6) is 0 Å². The third kappa shape index (κ3) is 6.22. The van der Waals surface area contributed by atoms with Gasteiger partial charge < -0.3 is 10.1 Å². The summed E-state index contributed by atoms with van der Waals surface area (Å²) in [5, 5.41) is 3.03. The van der Waals surface area contributed by atoms with Gasteiger partial charge in [0.1, 0.15) is 5.60 Å². The van der Waals surface area contributed by atoms with E-state index in [9.17, 15) is 4.79 Å². The first kappa shape index (κ1) is 24.4. The van der Waals surface area contributed by atoms with Crippen LogP contribution in [0.2, 0.25) is 0 Å². The summed E-state index contributed by atoms with van der Waals surface area (Å²) < 4.78 is 9.23. The number of nitrogens with one attached hydrogen (secondary N) is 2. The third-order valence-corrected chi connectivity index (χ3v) is 6.99. The largest absolute Gasteiger partial charge is 0.444 e. The Morgan fingerprint density at radius 1 is 0.941 bits per heavy atom. The Bertz CT molecular complexity index is 1070. The molecule has 1 aliphatic rings. The van der Waals surface area contributed by atoms with Gasteiger partial charge in [0, 0.05) is 23.4 Å². The topological polar surface area (TPSA) is 50.4 Å². The molecule has 0 radical (unpaired) electrons. The minimum atomic E-state index is -0.537. The van der Waals surface area contributed by atoms with Gasteiger partial charge in [-0.3, -0.25) is 4.72 Å². The molecule has 5 heteroatoms. The first-order valence-corrected chi connectivity index (χ1v) is 12.7. The van der Waals surface area contributed by atoms with Gasteiger partial charge in [0.2, 0.25) is 0 Å². The fourth-order valence-electron chi connectivity index (χ4n) is 4.49. The van der Waals surface area contributed by atoms with Crippen molar-refractivity contribution in [2.45, 2.75) is 63.0 Å². The molecule has 2 N–H and O–H groups in total. The fraction of sp³-hybridized carbons (Fsp3) is 0.345. The van der Waals surface area contributed by atoms with E-state index >= 15 is 0 Å². The molecule has 0 heterocycles. The van der Waals surface area contributed by atoms with E-state index in [1.807, 2.05) is 20.8 Å². The van der Waals surface area contributed by atoms with E-state index < -0.39 is 11.7 Å². The summed E-state index contributed by atoms with van der Waals surface area (Å²) in [4.78, 5) is 13.7. The van der Waals surface area contributed by atoms with Crippen LogP contribution in [-0.4, -0.2) is 24.3 Å². The van der Waals surface area contributed by atoms with Crippen LogP contribution >= 0.6 is 11.9 Å². The van der Waals surface area contributed by atoms with Crippen molar-refractivity contribution in [3.05, 3.63) is 101 Å². The highest BCUT2D eigenvalue weighted by molar-refractivity contribution is 7.97. The Morgan fingerprint density at radius 2 is 1.50 bits per heavy atom. The number of carbonyl (C=O) groups excluding carboxylic acids is 1. The summed E-state index contributed by atoms with van der Waals surface area (Å²) in [6, 6.07) is 25.9. The highest BCUT2D eigenvalue weighted by Gasteiger charge is 2.31. The number of rotatable bonds is 6. The number of ether oxygens (including phenoxy) is 1. The normalized spacial score (nSPS) is 14.5. The molecule has 1 amide bonds. The summed E-state index contributed by atoms with van der Waals surface area (Å²) >= 11 is 1.61. The zero-order valence-corrected chi connectivity index (χ0v) is 21.2. The predicted molar refractivity (Wildman–Crippen MR) is 140 cm³/mol. The van der Waals surface area contributed by atoms with Crippen molar-refractivity contribution in [2.75, 3.05) is 6.54 Å². The van der Waals surface area contributed by atoms with Crippen LogP contribution in [0.4, 0.5) is 4.79 Å². The SMILES string of the molecule is Cc1ccc(SN[C@H](CNC(=O)OC(C)(C)C)C2c3ccccc3CCc3ccccc32)cc1. The van der Waals surface area contributed by atoms with Crippen LogP contribution in [0.1, 0.15) is 54.5 Å². The average molecular weight is 475 g/mol. The van der Waals surface area contributed by atoms with Crippen molar-refractivity contribution in [1.29, 1.82) is 0 Å². The van der Waals surface area contributed by atoms with Gasteiger partial charge in [-0.1, -0.05) is 66.2 Å². The number of hydrogen-bond acceptors (Lipinski definition) is 4. The molecule has 0 fully saturated rings. The molecule has 0 aromatic heterocycles. The second-order valence-corrected chi connectivity index (χ2v) is 10.8. The Labute approximate surface area is 207 Å². The highest BCUT2D eigenvalue weighted by Crippen LogP contribution is 2.37. The van der Waals surface area contributed by atoms with Crippen LogP contribution in [0, 0.1) is 6.92 Å². The van der Waals surface area contributed by atoms with Crippen molar-refractivity contribution >= 4 is 18.0 Å². The number of fused-ring (bicyclic) bond motifs is 2. The smallest absolute Gasteiger partial charge is 0.407 e. The van der Waals surface area contributed by atoms with Crippen molar-refractivity contribution in [2.24, 2.45) is 0 Å². The fourth-order valence-corrected chi connectivity index (χ4v) is 5.27. The Hall–Kier alpha value is -2.76. The second-order valence-electron chi connectivity index (χ2n) is 9.90. The standard InChI is InChI=1S/C29H34N2O2S/c1-20-13-17-23(18-14-20)34-31-26(19-30-28(32)33-29(2,3)4)27-24-11-7-5-9-21(24)15-16-22-10-6-8-12-25(22)27/h5-14,17-18,26-27,31H,15-16,19H2,1-4H3,(H,30,32)/t26-/m1/s1. The summed E-state index contributed by atoms with van der Waals surface area (Å²) in [6.45, 7) is 8.18. The Kier molecular flexibility index (Phi) is 7.64. The van der Waals surface area contributed by atoms with E-state index in [-0.39, 0.29) is 12.0 Å². The lowest BCUT2D eigenvalue weighted by Gasteiger charge is -2.30. The first-order chi connectivity index (χ1) is 16.3. The summed E-state index contributed by atoms with van der Waals surface area (Å²) in [5.41, 5.74) is 6.08. The minimum Gasteiger partial charge on any atom is -0.444 e. The molecule has 1 aliphatic carbocycles. The van der Waals surface area contributed by atoms with E-state index in [0.29, 0.717) is 6.54 Å². The molecule has 178 valence electrons. The van der Waals surface area contributed by atoms with Gasteiger partial charge in [0.25, 0.3) is 0 Å². The number of hydrogen-bond donors (Lipinski definition) is 2. The van der Waals surface area contributed by atoms with E-state index in [2.05, 4.69) is 89.8 Å². The van der Waals surface area contributed by atoms with Crippen LogP contribution in [0.25, 0.3) is 0 Å². The zero-order valence-electron chi connectivity index (χ0n) is 20.4. The van der Waals surface area contributed by atoms with Crippen LogP contribution in [0.15, 0.2) is 77.7 Å². The van der Waals surface area contributed by atoms with Crippen LogP contribution in [-0.2, 0) is 17.6 Å². The summed E-state index contributed by atoms with van der Waals surface area (Å²) in [5.74, 6) is 0.0998. The van der Waals surface area contributed by atoms with E-state index in [4.69, 9.17) is 4.74 Å². The summed E-state index contributed by atoms with van der Waals surface area (Å²) in [7, 11) is 0. The number of alkyl carbamates (subject to hydrolysis) is 1. The average Bonchev–Trinajstić information content (AvgIpc) is 2.96. The molecule has 4 nitrogen and oxygen atoms in total.